The first-order chi connectivity index (χ1) is 14.3. The van der Waals surface area contributed by atoms with Crippen molar-refractivity contribution in [3.63, 3.8) is 0 Å². The van der Waals surface area contributed by atoms with Crippen LogP contribution >= 0.6 is 11.6 Å². The summed E-state index contributed by atoms with van der Waals surface area (Å²) in [5, 5.41) is 0.543. The third kappa shape index (κ3) is 5.08. The van der Waals surface area contributed by atoms with Gasteiger partial charge in [-0.1, -0.05) is 17.7 Å². The Bertz CT molecular complexity index is 930. The molecule has 0 N–H and O–H groups in total. The standard InChI is InChI=1S/C22H27ClN4O3/c1-15(2)27(17-7-9-19(28)10-8-17)21(29)13-26-12-20(24-14-26)22(30)25(3)18-6-4-5-16(23)11-18/h4-6,11-12,14-15,17H,7-10,13H2,1-3H3. The molecule has 1 aromatic carbocycles. The number of carbonyl (C=O) groups excluding carboxylic acids is 3. The van der Waals surface area contributed by atoms with Crippen LogP contribution < -0.4 is 4.90 Å². The van der Waals surface area contributed by atoms with Crippen molar-refractivity contribution in [1.82, 2.24) is 14.5 Å². The lowest BCUT2D eigenvalue weighted by molar-refractivity contribution is -0.138. The molecule has 160 valence electrons. The van der Waals surface area contributed by atoms with Gasteiger partial charge in [-0.25, -0.2) is 4.98 Å². The van der Waals surface area contributed by atoms with E-state index in [0.29, 0.717) is 36.4 Å². The number of amides is 2. The number of benzene rings is 1. The fraction of sp³-hybridized carbons (Fsp3) is 0.455. The summed E-state index contributed by atoms with van der Waals surface area (Å²) in [4.78, 5) is 44.8. The maximum absolute atomic E-state index is 13.0. The Balaban J connectivity index is 1.68. The van der Waals surface area contributed by atoms with Crippen LogP contribution in [0.25, 0.3) is 0 Å². The van der Waals surface area contributed by atoms with Crippen LogP contribution in [0.15, 0.2) is 36.8 Å². The van der Waals surface area contributed by atoms with E-state index in [9.17, 15) is 14.4 Å². The van der Waals surface area contributed by atoms with Crippen molar-refractivity contribution in [1.29, 1.82) is 0 Å². The first-order valence-electron chi connectivity index (χ1n) is 10.1. The summed E-state index contributed by atoms with van der Waals surface area (Å²) < 4.78 is 1.63. The number of hydrogen-bond acceptors (Lipinski definition) is 4. The molecule has 1 aliphatic carbocycles. The van der Waals surface area contributed by atoms with Crippen LogP contribution in [0, 0.1) is 0 Å². The van der Waals surface area contributed by atoms with Crippen molar-refractivity contribution < 1.29 is 14.4 Å². The first kappa shape index (κ1) is 22.0. The number of imidazole rings is 1. The van der Waals surface area contributed by atoms with E-state index in [-0.39, 0.29) is 41.9 Å². The maximum Gasteiger partial charge on any atom is 0.278 e. The summed E-state index contributed by atoms with van der Waals surface area (Å²) in [5.41, 5.74) is 0.917. The molecule has 8 heteroatoms. The quantitative estimate of drug-likeness (QED) is 0.702. The monoisotopic (exact) mass is 430 g/mol. The summed E-state index contributed by atoms with van der Waals surface area (Å²) in [6.07, 6.45) is 5.56. The third-order valence-electron chi connectivity index (χ3n) is 5.42. The zero-order chi connectivity index (χ0) is 21.8. The fourth-order valence-corrected chi connectivity index (χ4v) is 4.07. The molecular weight excluding hydrogens is 404 g/mol. The normalized spacial score (nSPS) is 14.8. The van der Waals surface area contributed by atoms with E-state index in [4.69, 9.17) is 11.6 Å². The van der Waals surface area contributed by atoms with Crippen LogP contribution in [0.2, 0.25) is 5.02 Å². The lowest BCUT2D eigenvalue weighted by atomic mass is 9.92. The third-order valence-corrected chi connectivity index (χ3v) is 5.66. The Morgan fingerprint density at radius 3 is 2.60 bits per heavy atom. The number of rotatable bonds is 6. The first-order valence-corrected chi connectivity index (χ1v) is 10.5. The number of ketones is 1. The zero-order valence-electron chi connectivity index (χ0n) is 17.5. The van der Waals surface area contributed by atoms with Crippen LogP contribution in [0.4, 0.5) is 5.69 Å². The average molecular weight is 431 g/mol. The molecule has 1 aliphatic rings. The second-order valence-corrected chi connectivity index (χ2v) is 8.38. The highest BCUT2D eigenvalue weighted by molar-refractivity contribution is 6.31. The molecule has 1 fully saturated rings. The van der Waals surface area contributed by atoms with Crippen LogP contribution in [-0.4, -0.2) is 51.2 Å². The van der Waals surface area contributed by atoms with Gasteiger partial charge in [0.25, 0.3) is 5.91 Å². The molecule has 1 heterocycles. The van der Waals surface area contributed by atoms with Crippen LogP contribution in [-0.2, 0) is 16.1 Å². The average Bonchev–Trinajstić information content (AvgIpc) is 3.16. The van der Waals surface area contributed by atoms with Crippen LogP contribution in [0.5, 0.6) is 0 Å². The fourth-order valence-electron chi connectivity index (χ4n) is 3.88. The molecule has 0 atom stereocenters. The SMILES string of the molecule is CC(C)N(C(=O)Cn1cnc(C(=O)N(C)c2cccc(Cl)c2)c1)C1CCC(=O)CC1. The topological polar surface area (TPSA) is 75.5 Å². The van der Waals surface area contributed by atoms with Crippen LogP contribution in [0.1, 0.15) is 50.0 Å². The molecule has 0 saturated heterocycles. The number of nitrogens with zero attached hydrogens (tertiary/aromatic N) is 4. The Morgan fingerprint density at radius 1 is 1.27 bits per heavy atom. The highest BCUT2D eigenvalue weighted by atomic mass is 35.5. The lowest BCUT2D eigenvalue weighted by Gasteiger charge is -2.37. The number of hydrogen-bond donors (Lipinski definition) is 0. The van der Waals surface area contributed by atoms with Gasteiger partial charge in [0.1, 0.15) is 18.0 Å². The summed E-state index contributed by atoms with van der Waals surface area (Å²) >= 11 is 6.01. The van der Waals surface area contributed by atoms with E-state index in [1.165, 1.54) is 11.2 Å². The van der Waals surface area contributed by atoms with Gasteiger partial charge in [0.2, 0.25) is 5.91 Å². The number of aromatic nitrogens is 2. The minimum absolute atomic E-state index is 0.0364. The van der Waals surface area contributed by atoms with E-state index in [0.717, 1.165) is 0 Å². The van der Waals surface area contributed by atoms with Gasteiger partial charge in [-0.15, -0.1) is 0 Å². The van der Waals surface area contributed by atoms with Gasteiger partial charge >= 0.3 is 0 Å². The van der Waals surface area contributed by atoms with Gasteiger partial charge in [-0.05, 0) is 44.9 Å². The molecule has 0 spiro atoms. The molecule has 2 aromatic rings. The predicted molar refractivity (Wildman–Crippen MR) is 116 cm³/mol. The molecule has 7 nitrogen and oxygen atoms in total. The largest absolute Gasteiger partial charge is 0.336 e. The summed E-state index contributed by atoms with van der Waals surface area (Å²) in [6, 6.07) is 7.13. The van der Waals surface area contributed by atoms with Crippen LogP contribution in [0.3, 0.4) is 0 Å². The molecule has 0 bridgehead atoms. The highest BCUT2D eigenvalue weighted by Crippen LogP contribution is 2.23. The Kier molecular flexibility index (Phi) is 6.92. The van der Waals surface area contributed by atoms with E-state index < -0.39 is 0 Å². The van der Waals surface area contributed by atoms with Crippen molar-refractivity contribution in [2.45, 2.75) is 58.2 Å². The molecule has 3 rings (SSSR count). The van der Waals surface area contributed by atoms with Gasteiger partial charge in [-0.2, -0.15) is 0 Å². The smallest absolute Gasteiger partial charge is 0.278 e. The number of carbonyl (C=O) groups is 3. The summed E-state index contributed by atoms with van der Waals surface area (Å²) in [6.45, 7) is 4.07. The van der Waals surface area contributed by atoms with Gasteiger partial charge in [0.05, 0.1) is 6.33 Å². The highest BCUT2D eigenvalue weighted by Gasteiger charge is 2.30. The zero-order valence-corrected chi connectivity index (χ0v) is 18.3. The molecule has 2 amide bonds. The van der Waals surface area contributed by atoms with E-state index in [2.05, 4.69) is 4.98 Å². The lowest BCUT2D eigenvalue weighted by Crippen LogP contribution is -2.47. The molecule has 1 saturated carbocycles. The predicted octanol–water partition coefficient (Wildman–Crippen LogP) is 3.56. The second kappa shape index (κ2) is 9.43. The Labute approximate surface area is 181 Å². The van der Waals surface area contributed by atoms with Crippen molar-refractivity contribution in [3.05, 3.63) is 47.5 Å². The summed E-state index contributed by atoms with van der Waals surface area (Å²) in [7, 11) is 1.66. The van der Waals surface area contributed by atoms with Crippen molar-refractivity contribution >= 4 is 34.9 Å². The van der Waals surface area contributed by atoms with Gasteiger partial charge < -0.3 is 14.4 Å². The maximum atomic E-state index is 13.0. The minimum atomic E-state index is -0.282. The molecule has 0 unspecified atom stereocenters. The molecule has 0 radical (unpaired) electrons. The molecule has 30 heavy (non-hydrogen) atoms. The Morgan fingerprint density at radius 2 is 1.97 bits per heavy atom. The minimum Gasteiger partial charge on any atom is -0.336 e. The number of halogens is 1. The summed E-state index contributed by atoms with van der Waals surface area (Å²) in [5.74, 6) is -0.0529. The van der Waals surface area contributed by atoms with Crippen molar-refractivity contribution in [3.8, 4) is 0 Å². The van der Waals surface area contributed by atoms with Gasteiger partial charge in [0.15, 0.2) is 0 Å². The van der Waals surface area contributed by atoms with E-state index >= 15 is 0 Å². The van der Waals surface area contributed by atoms with Gasteiger partial charge in [-0.3, -0.25) is 14.4 Å². The van der Waals surface area contributed by atoms with E-state index in [1.807, 2.05) is 18.7 Å². The number of anilines is 1. The van der Waals surface area contributed by atoms with Crippen molar-refractivity contribution in [2.75, 3.05) is 11.9 Å². The van der Waals surface area contributed by atoms with Gasteiger partial charge in [0, 0.05) is 48.9 Å². The molecule has 1 aromatic heterocycles. The molecule has 0 aliphatic heterocycles. The Hall–Kier alpha value is -2.67. The molecular formula is C22H27ClN4O3. The van der Waals surface area contributed by atoms with E-state index in [1.54, 1.807) is 42.1 Å². The number of Topliss-reactive ketones (excluding diaryl/α,β-unsaturated/α-hetero) is 1. The van der Waals surface area contributed by atoms with Crippen molar-refractivity contribution in [2.24, 2.45) is 0 Å². The second-order valence-electron chi connectivity index (χ2n) is 7.94.